The first kappa shape index (κ1) is 30.1. The number of rotatable bonds is 16. The van der Waals surface area contributed by atoms with Crippen molar-refractivity contribution in [3.63, 3.8) is 0 Å². The van der Waals surface area contributed by atoms with Gasteiger partial charge in [0.2, 0.25) is 5.76 Å². The number of carbonyl (C=O) groups excluding carboxylic acids is 2. The van der Waals surface area contributed by atoms with Crippen LogP contribution in [-0.2, 0) is 46.0 Å². The van der Waals surface area contributed by atoms with E-state index in [1.807, 2.05) is 0 Å². The summed E-state index contributed by atoms with van der Waals surface area (Å²) in [7, 11) is -8.86. The van der Waals surface area contributed by atoms with Crippen LogP contribution in [0.25, 0.3) is 5.31 Å². The minimum atomic E-state index is -4.44. The van der Waals surface area contributed by atoms with Gasteiger partial charge in [0.05, 0.1) is 45.9 Å². The maximum atomic E-state index is 13.9. The van der Waals surface area contributed by atoms with Crippen LogP contribution in [0.15, 0.2) is 22.5 Å². The van der Waals surface area contributed by atoms with Gasteiger partial charge >= 0.3 is 27.4 Å². The van der Waals surface area contributed by atoms with E-state index in [0.717, 1.165) is 6.26 Å². The Hall–Kier alpha value is -1.94. The van der Waals surface area contributed by atoms with Crippen molar-refractivity contribution in [3.8, 4) is 0 Å². The number of hydrogen-bond donors (Lipinski definition) is 0. The molecule has 14 heteroatoms. The Morgan fingerprint density at radius 1 is 0.794 bits per heavy atom. The van der Waals surface area contributed by atoms with E-state index >= 15 is 0 Å². The van der Waals surface area contributed by atoms with Crippen LogP contribution < -0.4 is 0 Å². The second-order valence-corrected chi connectivity index (χ2v) is 9.54. The van der Waals surface area contributed by atoms with Gasteiger partial charge in [-0.15, -0.1) is 0 Å². The topological polar surface area (TPSA) is 146 Å². The van der Waals surface area contributed by atoms with Crippen LogP contribution >= 0.6 is 15.4 Å². The molecule has 0 saturated heterocycles. The number of esters is 2. The first-order chi connectivity index (χ1) is 16.2. The summed E-state index contributed by atoms with van der Waals surface area (Å²) in [4.78, 5) is 25.5. The highest BCUT2D eigenvalue weighted by Gasteiger charge is 2.45. The molecular formula is C20H32O12P2. The van der Waals surface area contributed by atoms with Crippen molar-refractivity contribution in [3.05, 3.63) is 29.4 Å². The van der Waals surface area contributed by atoms with Gasteiger partial charge in [0.1, 0.15) is 5.56 Å². The quantitative estimate of drug-likeness (QED) is 0.121. The zero-order valence-corrected chi connectivity index (χ0v) is 22.0. The molecule has 34 heavy (non-hydrogen) atoms. The van der Waals surface area contributed by atoms with E-state index < -0.39 is 44.2 Å². The van der Waals surface area contributed by atoms with Gasteiger partial charge in [-0.3, -0.25) is 13.6 Å². The largest absolute Gasteiger partial charge is 0.530 e. The molecule has 0 atom stereocenters. The van der Waals surface area contributed by atoms with Crippen molar-refractivity contribution in [2.75, 3.05) is 39.6 Å². The number of phosphoric acid groups is 1. The van der Waals surface area contributed by atoms with Gasteiger partial charge in [-0.2, -0.15) is 0 Å². The highest BCUT2D eigenvalue weighted by molar-refractivity contribution is 7.65. The Kier molecular flexibility index (Phi) is 12.8. The second-order valence-electron chi connectivity index (χ2n) is 5.99. The van der Waals surface area contributed by atoms with E-state index in [1.165, 1.54) is 40.7 Å². The summed E-state index contributed by atoms with van der Waals surface area (Å²) in [6, 6.07) is 1.24. The molecule has 0 spiro atoms. The molecule has 1 rings (SSSR count). The molecule has 0 aliphatic heterocycles. The molecule has 1 heterocycles. The standard InChI is InChI=1S/C20H32O12P2/c1-7-25-19(21)15-13-14-27-16(15)18(33(23,28-9-3)29-10-4)17(20(22)26-8-2)32-34(24,30-11-5)31-12-6/h13-14H,7-12H2,1-6H3. The van der Waals surface area contributed by atoms with Crippen LogP contribution in [0.4, 0.5) is 0 Å². The minimum Gasteiger partial charge on any atom is -0.463 e. The zero-order chi connectivity index (χ0) is 25.8. The Morgan fingerprint density at radius 2 is 1.32 bits per heavy atom. The molecule has 1 aromatic heterocycles. The van der Waals surface area contributed by atoms with Crippen LogP contribution in [0.2, 0.25) is 0 Å². The molecule has 12 nitrogen and oxygen atoms in total. The van der Waals surface area contributed by atoms with E-state index in [-0.39, 0.29) is 45.2 Å². The fourth-order valence-electron chi connectivity index (χ4n) is 2.61. The molecule has 194 valence electrons. The molecule has 0 fully saturated rings. The van der Waals surface area contributed by atoms with E-state index in [2.05, 4.69) is 0 Å². The lowest BCUT2D eigenvalue weighted by atomic mass is 10.2. The fourth-order valence-corrected chi connectivity index (χ4v) is 5.71. The van der Waals surface area contributed by atoms with Crippen molar-refractivity contribution in [1.29, 1.82) is 0 Å². The van der Waals surface area contributed by atoms with E-state index in [9.17, 15) is 18.7 Å². The molecule has 0 saturated carbocycles. The summed E-state index contributed by atoms with van der Waals surface area (Å²) >= 11 is 0. The summed E-state index contributed by atoms with van der Waals surface area (Å²) < 4.78 is 69.0. The van der Waals surface area contributed by atoms with Crippen molar-refractivity contribution in [2.24, 2.45) is 0 Å². The Balaban J connectivity index is 4.04. The number of phosphoric ester groups is 1. The summed E-state index contributed by atoms with van der Waals surface area (Å²) in [5.41, 5.74) is -0.204. The molecule has 0 aliphatic carbocycles. The summed E-state index contributed by atoms with van der Waals surface area (Å²) in [6.07, 6.45) is 1.11. The average Bonchev–Trinajstić information content (AvgIpc) is 3.23. The fraction of sp³-hybridized carbons (Fsp3) is 0.600. The highest BCUT2D eigenvalue weighted by atomic mass is 31.2. The highest BCUT2D eigenvalue weighted by Crippen LogP contribution is 2.64. The molecule has 0 N–H and O–H groups in total. The summed E-state index contributed by atoms with van der Waals surface area (Å²) in [6.45, 7) is 8.68. The van der Waals surface area contributed by atoms with Crippen molar-refractivity contribution in [1.82, 2.24) is 0 Å². The van der Waals surface area contributed by atoms with Gasteiger partial charge in [0, 0.05) is 0 Å². The molecule has 0 bridgehead atoms. The molecule has 0 unspecified atom stereocenters. The Bertz CT molecular complexity index is 916. The molecule has 0 radical (unpaired) electrons. The number of ether oxygens (including phenoxy) is 2. The van der Waals surface area contributed by atoms with Crippen molar-refractivity contribution in [2.45, 2.75) is 41.5 Å². The molecular weight excluding hydrogens is 494 g/mol. The van der Waals surface area contributed by atoms with Gasteiger partial charge < -0.3 is 27.5 Å². The van der Waals surface area contributed by atoms with Crippen LogP contribution in [-0.4, -0.2) is 51.6 Å². The van der Waals surface area contributed by atoms with Crippen LogP contribution in [0.3, 0.4) is 0 Å². The van der Waals surface area contributed by atoms with E-state index in [1.54, 1.807) is 6.92 Å². The second kappa shape index (κ2) is 14.5. The maximum absolute atomic E-state index is 13.9. The van der Waals surface area contributed by atoms with Gasteiger partial charge in [-0.25, -0.2) is 14.2 Å². The van der Waals surface area contributed by atoms with E-state index in [4.69, 9.17) is 36.5 Å². The Labute approximate surface area is 199 Å². The van der Waals surface area contributed by atoms with Crippen molar-refractivity contribution < 1.29 is 55.2 Å². The zero-order valence-electron chi connectivity index (χ0n) is 20.2. The minimum absolute atomic E-state index is 0.0300. The number of hydrogen-bond acceptors (Lipinski definition) is 12. The lowest BCUT2D eigenvalue weighted by Crippen LogP contribution is -2.16. The third-order valence-corrected chi connectivity index (χ3v) is 7.41. The average molecular weight is 526 g/mol. The van der Waals surface area contributed by atoms with Crippen LogP contribution in [0.5, 0.6) is 0 Å². The smallest absolute Gasteiger partial charge is 0.463 e. The lowest BCUT2D eigenvalue weighted by Gasteiger charge is -2.24. The van der Waals surface area contributed by atoms with Crippen LogP contribution in [0, 0.1) is 0 Å². The molecule has 0 aromatic carbocycles. The SMILES string of the molecule is CCOC(=O)C(OP(=O)(OCC)OCC)=C(c1occc1C(=O)OCC)P(=O)(OCC)OCC. The molecule has 0 amide bonds. The molecule has 0 aliphatic rings. The first-order valence-corrected chi connectivity index (χ1v) is 13.8. The first-order valence-electron chi connectivity index (χ1n) is 10.8. The normalized spacial score (nSPS) is 12.8. The van der Waals surface area contributed by atoms with Gasteiger partial charge in [0.25, 0.3) is 0 Å². The van der Waals surface area contributed by atoms with E-state index in [0.29, 0.717) is 0 Å². The summed E-state index contributed by atoms with van der Waals surface area (Å²) in [5, 5.41) is -0.623. The number of furan rings is 1. The third kappa shape index (κ3) is 7.80. The van der Waals surface area contributed by atoms with Gasteiger partial charge in [-0.05, 0) is 47.6 Å². The van der Waals surface area contributed by atoms with Crippen molar-refractivity contribution >= 4 is 32.7 Å². The van der Waals surface area contributed by atoms with Crippen LogP contribution in [0.1, 0.15) is 57.7 Å². The van der Waals surface area contributed by atoms with Gasteiger partial charge in [-0.1, -0.05) is 0 Å². The number of carbonyl (C=O) groups is 2. The Morgan fingerprint density at radius 3 is 1.79 bits per heavy atom. The summed E-state index contributed by atoms with van der Waals surface area (Å²) in [5.74, 6) is -3.32. The molecule has 1 aromatic rings. The van der Waals surface area contributed by atoms with Gasteiger partial charge in [0.15, 0.2) is 11.1 Å². The predicted molar refractivity (Wildman–Crippen MR) is 121 cm³/mol. The monoisotopic (exact) mass is 526 g/mol. The third-order valence-electron chi connectivity index (χ3n) is 3.70. The predicted octanol–water partition coefficient (Wildman–Crippen LogP) is 5.15. The lowest BCUT2D eigenvalue weighted by molar-refractivity contribution is -0.141. The maximum Gasteiger partial charge on any atom is 0.530 e.